The van der Waals surface area contributed by atoms with E-state index in [2.05, 4.69) is 10.4 Å². The van der Waals surface area contributed by atoms with E-state index in [-0.39, 0.29) is 30.4 Å². The Morgan fingerprint density at radius 2 is 2.05 bits per heavy atom. The molecule has 4 rings (SSSR count). The van der Waals surface area contributed by atoms with Gasteiger partial charge in [-0.05, 0) is 38.3 Å². The van der Waals surface area contributed by atoms with Crippen molar-refractivity contribution >= 4 is 29.2 Å². The summed E-state index contributed by atoms with van der Waals surface area (Å²) >= 11 is 6.34. The number of anilines is 1. The Balaban J connectivity index is 1.41. The monoisotopic (exact) mass is 532 g/mol. The Hall–Kier alpha value is -3.08. The first-order valence-electron chi connectivity index (χ1n) is 12.2. The number of carbonyl (C=O) groups is 2. The average Bonchev–Trinajstić information content (AvgIpc) is 3.52. The number of nitrogens with one attached hydrogen (secondary N) is 1. The molecule has 1 aromatic heterocycles. The van der Waals surface area contributed by atoms with Crippen LogP contribution in [0.3, 0.4) is 0 Å². The number of carbonyl (C=O) groups excluding carboxylic acids is 2. The molecule has 2 amide bonds. The summed E-state index contributed by atoms with van der Waals surface area (Å²) in [5.74, 6) is 0.566. The van der Waals surface area contributed by atoms with Gasteiger partial charge >= 0.3 is 0 Å². The number of aromatic nitrogens is 2. The number of rotatable bonds is 10. The van der Waals surface area contributed by atoms with Crippen molar-refractivity contribution < 1.29 is 28.5 Å². The van der Waals surface area contributed by atoms with Crippen LogP contribution in [0.15, 0.2) is 42.3 Å². The summed E-state index contributed by atoms with van der Waals surface area (Å²) in [6, 6.07) is 6.17. The Bertz CT molecular complexity index is 1180. The van der Waals surface area contributed by atoms with Gasteiger partial charge in [0.1, 0.15) is 34.4 Å². The fourth-order valence-electron chi connectivity index (χ4n) is 4.33. The van der Waals surface area contributed by atoms with E-state index < -0.39 is 11.8 Å². The van der Waals surface area contributed by atoms with Crippen molar-refractivity contribution in [2.75, 3.05) is 25.6 Å². The minimum absolute atomic E-state index is 0.128. The fraction of sp³-hybridized carbons (Fsp3) is 0.500. The number of methoxy groups -OCH3 is 1. The summed E-state index contributed by atoms with van der Waals surface area (Å²) < 4.78 is 24.3. The van der Waals surface area contributed by atoms with Gasteiger partial charge in [0.25, 0.3) is 5.91 Å². The second-order valence-electron chi connectivity index (χ2n) is 9.96. The highest BCUT2D eigenvalue weighted by Crippen LogP contribution is 2.35. The van der Waals surface area contributed by atoms with Gasteiger partial charge in [0, 0.05) is 18.3 Å². The standard InChI is InChI=1S/C26H33ClN4O6/c1-16(2)11-19(25(33)28-22-9-10-30(29-22)13-18-15-35-26(3,4)37-18)31-14-17(12-23(31)32)36-21-8-6-7-20(34-5)24(21)27/h6-10,12,16,18-19H,11,13-15H2,1-5H3,(H,28,29,33)/t18-,19+/m1/s1. The van der Waals surface area contributed by atoms with Crippen molar-refractivity contribution in [3.8, 4) is 11.5 Å². The van der Waals surface area contributed by atoms with Gasteiger partial charge in [-0.15, -0.1) is 0 Å². The molecule has 2 aromatic rings. The van der Waals surface area contributed by atoms with Gasteiger partial charge in [-0.25, -0.2) is 0 Å². The van der Waals surface area contributed by atoms with Gasteiger partial charge < -0.3 is 29.2 Å². The quantitative estimate of drug-likeness (QED) is 0.495. The molecular weight excluding hydrogens is 500 g/mol. The Morgan fingerprint density at radius 3 is 2.73 bits per heavy atom. The molecule has 0 unspecified atom stereocenters. The van der Waals surface area contributed by atoms with Gasteiger partial charge in [-0.3, -0.25) is 14.3 Å². The molecule has 1 fully saturated rings. The van der Waals surface area contributed by atoms with E-state index in [1.54, 1.807) is 35.1 Å². The second-order valence-corrected chi connectivity index (χ2v) is 10.3. The molecule has 37 heavy (non-hydrogen) atoms. The lowest BCUT2D eigenvalue weighted by molar-refractivity contribution is -0.139. The molecule has 3 heterocycles. The molecular formula is C26H33ClN4O6. The van der Waals surface area contributed by atoms with Gasteiger partial charge in [-0.2, -0.15) is 5.10 Å². The molecule has 2 aliphatic rings. The lowest BCUT2D eigenvalue weighted by Gasteiger charge is -2.28. The van der Waals surface area contributed by atoms with Gasteiger partial charge in [0.15, 0.2) is 11.6 Å². The highest BCUT2D eigenvalue weighted by molar-refractivity contribution is 6.33. The number of hydrogen-bond acceptors (Lipinski definition) is 7. The first-order valence-corrected chi connectivity index (χ1v) is 12.6. The third-order valence-corrected chi connectivity index (χ3v) is 6.38. The summed E-state index contributed by atoms with van der Waals surface area (Å²) in [6.45, 7) is 8.85. The van der Waals surface area contributed by atoms with Gasteiger partial charge in [0.2, 0.25) is 5.91 Å². The fourth-order valence-corrected chi connectivity index (χ4v) is 4.57. The zero-order chi connectivity index (χ0) is 26.7. The molecule has 0 saturated carbocycles. The Kier molecular flexibility index (Phi) is 8.11. The summed E-state index contributed by atoms with van der Waals surface area (Å²) in [6.07, 6.45) is 3.50. The molecule has 0 radical (unpaired) electrons. The van der Waals surface area contributed by atoms with Gasteiger partial charge in [-0.1, -0.05) is 31.5 Å². The van der Waals surface area contributed by atoms with E-state index in [1.807, 2.05) is 27.7 Å². The minimum atomic E-state index is -0.705. The van der Waals surface area contributed by atoms with E-state index >= 15 is 0 Å². The molecule has 0 bridgehead atoms. The lowest BCUT2D eigenvalue weighted by atomic mass is 10.0. The number of nitrogens with zero attached hydrogens (tertiary/aromatic N) is 3. The number of amides is 2. The Labute approximate surface area is 221 Å². The summed E-state index contributed by atoms with van der Waals surface area (Å²) in [5.41, 5.74) is 0. The smallest absolute Gasteiger partial charge is 0.251 e. The third-order valence-electron chi connectivity index (χ3n) is 6.01. The van der Waals surface area contributed by atoms with Crippen LogP contribution in [-0.2, 0) is 25.6 Å². The predicted molar refractivity (Wildman–Crippen MR) is 137 cm³/mol. The Morgan fingerprint density at radius 1 is 1.30 bits per heavy atom. The van der Waals surface area contributed by atoms with Crippen molar-refractivity contribution in [3.63, 3.8) is 0 Å². The van der Waals surface area contributed by atoms with Crippen LogP contribution in [0.4, 0.5) is 5.82 Å². The van der Waals surface area contributed by atoms with Crippen molar-refractivity contribution in [1.29, 1.82) is 0 Å². The number of halogens is 1. The van der Waals surface area contributed by atoms with Crippen molar-refractivity contribution in [1.82, 2.24) is 14.7 Å². The zero-order valence-corrected chi connectivity index (χ0v) is 22.4. The maximum atomic E-state index is 13.3. The van der Waals surface area contributed by atoms with Crippen LogP contribution in [0.25, 0.3) is 0 Å². The average molecular weight is 533 g/mol. The molecule has 200 valence electrons. The van der Waals surface area contributed by atoms with E-state index in [0.29, 0.717) is 47.7 Å². The van der Waals surface area contributed by atoms with Crippen molar-refractivity contribution in [2.24, 2.45) is 5.92 Å². The third kappa shape index (κ3) is 6.63. The van der Waals surface area contributed by atoms with E-state index in [4.69, 9.17) is 30.5 Å². The highest BCUT2D eigenvalue weighted by Gasteiger charge is 2.36. The first-order chi connectivity index (χ1) is 17.5. The molecule has 2 aliphatic heterocycles. The zero-order valence-electron chi connectivity index (χ0n) is 21.7. The summed E-state index contributed by atoms with van der Waals surface area (Å²) in [5, 5.41) is 7.61. The molecule has 0 aliphatic carbocycles. The maximum Gasteiger partial charge on any atom is 0.251 e. The van der Waals surface area contributed by atoms with Crippen LogP contribution in [0.1, 0.15) is 34.1 Å². The maximum absolute atomic E-state index is 13.3. The molecule has 1 aromatic carbocycles. The summed E-state index contributed by atoms with van der Waals surface area (Å²) in [4.78, 5) is 27.7. The van der Waals surface area contributed by atoms with Crippen LogP contribution in [-0.4, -0.2) is 64.7 Å². The van der Waals surface area contributed by atoms with Crippen LogP contribution in [0.2, 0.25) is 5.02 Å². The number of benzene rings is 1. The second kappa shape index (κ2) is 11.1. The molecule has 2 atom stereocenters. The minimum Gasteiger partial charge on any atom is -0.495 e. The number of hydrogen-bond donors (Lipinski definition) is 1. The normalized spacial score (nSPS) is 19.8. The van der Waals surface area contributed by atoms with Crippen molar-refractivity contribution in [2.45, 2.75) is 58.6 Å². The number of ether oxygens (including phenoxy) is 4. The summed E-state index contributed by atoms with van der Waals surface area (Å²) in [7, 11) is 1.51. The SMILES string of the molecule is COc1cccc(OC2=CC(=O)N([C@@H](CC(C)C)C(=O)Nc3ccn(C[C@@H]4COC(C)(C)O4)n3)C2)c1Cl. The highest BCUT2D eigenvalue weighted by atomic mass is 35.5. The molecule has 11 heteroatoms. The van der Waals surface area contributed by atoms with Gasteiger partial charge in [0.05, 0.1) is 26.8 Å². The molecule has 1 saturated heterocycles. The van der Waals surface area contributed by atoms with Crippen LogP contribution in [0, 0.1) is 5.92 Å². The predicted octanol–water partition coefficient (Wildman–Crippen LogP) is 3.85. The molecule has 0 spiro atoms. The lowest BCUT2D eigenvalue weighted by Crippen LogP contribution is -2.46. The van der Waals surface area contributed by atoms with E-state index in [9.17, 15) is 9.59 Å². The molecule has 1 N–H and O–H groups in total. The molecule has 10 nitrogen and oxygen atoms in total. The van der Waals surface area contributed by atoms with E-state index in [0.717, 1.165) is 0 Å². The first kappa shape index (κ1) is 27.0. The van der Waals surface area contributed by atoms with Crippen molar-refractivity contribution in [3.05, 3.63) is 47.3 Å². The van der Waals surface area contributed by atoms with E-state index in [1.165, 1.54) is 18.1 Å². The van der Waals surface area contributed by atoms with Crippen LogP contribution < -0.4 is 14.8 Å². The van der Waals surface area contributed by atoms with Crippen LogP contribution in [0.5, 0.6) is 11.5 Å². The van der Waals surface area contributed by atoms with Crippen LogP contribution >= 0.6 is 11.6 Å². The topological polar surface area (TPSA) is 104 Å². The largest absolute Gasteiger partial charge is 0.495 e.